The molecule has 0 aromatic rings. The van der Waals surface area contributed by atoms with Gasteiger partial charge in [0.25, 0.3) is 0 Å². The smallest absolute Gasteiger partial charge is 0.216 e. The highest BCUT2D eigenvalue weighted by Gasteiger charge is 2.30. The first kappa shape index (κ1) is 15.2. The zero-order valence-electron chi connectivity index (χ0n) is 10.6. The summed E-state index contributed by atoms with van der Waals surface area (Å²) in [5, 5.41) is 11.6. The fourth-order valence-corrected chi connectivity index (χ4v) is 3.36. The first-order valence-electron chi connectivity index (χ1n) is 6.04. The number of nitrogens with zero attached hydrogens (tertiary/aromatic N) is 2. The van der Waals surface area contributed by atoms with E-state index in [4.69, 9.17) is 15.7 Å². The zero-order valence-corrected chi connectivity index (χ0v) is 11.4. The summed E-state index contributed by atoms with van der Waals surface area (Å²) >= 11 is 0. The highest BCUT2D eigenvalue weighted by molar-refractivity contribution is 7.89. The number of rotatable bonds is 6. The summed E-state index contributed by atoms with van der Waals surface area (Å²) in [6.45, 7) is 3.29. The molecule has 0 saturated carbocycles. The van der Waals surface area contributed by atoms with Crippen molar-refractivity contribution in [1.29, 1.82) is 0 Å². The molecule has 8 heteroatoms. The van der Waals surface area contributed by atoms with Crippen LogP contribution in [0.5, 0.6) is 0 Å². The van der Waals surface area contributed by atoms with Gasteiger partial charge in [-0.3, -0.25) is 0 Å². The number of sulfonamides is 1. The van der Waals surface area contributed by atoms with E-state index in [9.17, 15) is 8.42 Å². The molecule has 1 aliphatic rings. The normalized spacial score (nSPS) is 23.2. The van der Waals surface area contributed by atoms with E-state index < -0.39 is 10.0 Å². The highest BCUT2D eigenvalue weighted by atomic mass is 32.2. The summed E-state index contributed by atoms with van der Waals surface area (Å²) in [6, 6.07) is 0. The highest BCUT2D eigenvalue weighted by Crippen LogP contribution is 2.19. The molecule has 0 aliphatic carbocycles. The van der Waals surface area contributed by atoms with Crippen LogP contribution in [0.25, 0.3) is 0 Å². The van der Waals surface area contributed by atoms with Gasteiger partial charge in [-0.2, -0.15) is 0 Å². The summed E-state index contributed by atoms with van der Waals surface area (Å²) in [6.07, 6.45) is 1.46. The number of amidine groups is 1. The van der Waals surface area contributed by atoms with Crippen LogP contribution in [0.2, 0.25) is 0 Å². The maximum Gasteiger partial charge on any atom is 0.216 e. The molecule has 1 heterocycles. The Hall–Kier alpha value is -0.860. The second-order valence-electron chi connectivity index (χ2n) is 4.23. The van der Waals surface area contributed by atoms with Crippen LogP contribution in [-0.2, 0) is 14.8 Å². The number of hydrogen-bond donors (Lipinski definition) is 2. The molecule has 1 fully saturated rings. The van der Waals surface area contributed by atoms with Crippen LogP contribution in [0.1, 0.15) is 19.8 Å². The molecule has 7 nitrogen and oxygen atoms in total. The maximum absolute atomic E-state index is 12.0. The Balaban J connectivity index is 2.60. The number of piperidine rings is 1. The Kier molecular flexibility index (Phi) is 5.83. The van der Waals surface area contributed by atoms with Crippen molar-refractivity contribution in [2.45, 2.75) is 19.8 Å². The van der Waals surface area contributed by atoms with Gasteiger partial charge in [0.1, 0.15) is 5.84 Å². The third-order valence-electron chi connectivity index (χ3n) is 3.00. The predicted molar refractivity (Wildman–Crippen MR) is 68.0 cm³/mol. The van der Waals surface area contributed by atoms with Crippen molar-refractivity contribution in [1.82, 2.24) is 4.31 Å². The van der Waals surface area contributed by atoms with E-state index in [0.717, 1.165) is 12.8 Å². The average Bonchev–Trinajstić information content (AvgIpc) is 2.38. The van der Waals surface area contributed by atoms with Crippen molar-refractivity contribution in [3.8, 4) is 0 Å². The summed E-state index contributed by atoms with van der Waals surface area (Å²) in [4.78, 5) is 0. The van der Waals surface area contributed by atoms with Crippen molar-refractivity contribution in [3.63, 3.8) is 0 Å². The van der Waals surface area contributed by atoms with E-state index in [0.29, 0.717) is 13.2 Å². The molecule has 0 spiro atoms. The summed E-state index contributed by atoms with van der Waals surface area (Å²) in [5.74, 6) is -0.130. The Morgan fingerprint density at radius 1 is 1.61 bits per heavy atom. The molecule has 0 aromatic heterocycles. The quantitative estimate of drug-likeness (QED) is 0.230. The summed E-state index contributed by atoms with van der Waals surface area (Å²) in [7, 11) is -3.31. The number of nitrogens with two attached hydrogens (primary N) is 1. The predicted octanol–water partition coefficient (Wildman–Crippen LogP) is -0.189. The van der Waals surface area contributed by atoms with Gasteiger partial charge in [-0.05, 0) is 19.8 Å². The van der Waals surface area contributed by atoms with Crippen LogP contribution in [0.15, 0.2) is 5.16 Å². The van der Waals surface area contributed by atoms with Crippen molar-refractivity contribution in [2.24, 2.45) is 16.8 Å². The second-order valence-corrected chi connectivity index (χ2v) is 6.32. The van der Waals surface area contributed by atoms with Gasteiger partial charge in [0.15, 0.2) is 0 Å². The maximum atomic E-state index is 12.0. The molecule has 0 bridgehead atoms. The zero-order chi connectivity index (χ0) is 13.6. The third kappa shape index (κ3) is 4.11. The van der Waals surface area contributed by atoms with Crippen molar-refractivity contribution >= 4 is 15.9 Å². The lowest BCUT2D eigenvalue weighted by molar-refractivity contribution is 0.162. The van der Waals surface area contributed by atoms with E-state index in [-0.39, 0.29) is 30.7 Å². The number of hydrogen-bond acceptors (Lipinski definition) is 5. The SMILES string of the molecule is CCOCCS(=O)(=O)N1CCCC(C(N)=NO)C1. The third-order valence-corrected chi connectivity index (χ3v) is 4.80. The van der Waals surface area contributed by atoms with Crippen LogP contribution >= 0.6 is 0 Å². The molecule has 1 rings (SSSR count). The molecule has 1 unspecified atom stereocenters. The van der Waals surface area contributed by atoms with Crippen molar-refractivity contribution in [2.75, 3.05) is 32.1 Å². The lowest BCUT2D eigenvalue weighted by Crippen LogP contribution is -2.45. The summed E-state index contributed by atoms with van der Waals surface area (Å²) < 4.78 is 30.5. The van der Waals surface area contributed by atoms with E-state index >= 15 is 0 Å². The molecule has 106 valence electrons. The van der Waals surface area contributed by atoms with Gasteiger partial charge in [0.2, 0.25) is 10.0 Å². The Morgan fingerprint density at radius 3 is 2.94 bits per heavy atom. The number of oxime groups is 1. The van der Waals surface area contributed by atoms with Crippen LogP contribution in [-0.4, -0.2) is 55.8 Å². The van der Waals surface area contributed by atoms with Crippen LogP contribution in [0, 0.1) is 5.92 Å². The van der Waals surface area contributed by atoms with Crippen molar-refractivity contribution in [3.05, 3.63) is 0 Å². The van der Waals surface area contributed by atoms with Gasteiger partial charge in [-0.15, -0.1) is 0 Å². The molecule has 0 amide bonds. The van der Waals surface area contributed by atoms with E-state index in [1.54, 1.807) is 0 Å². The van der Waals surface area contributed by atoms with Gasteiger partial charge >= 0.3 is 0 Å². The van der Waals surface area contributed by atoms with E-state index in [2.05, 4.69) is 5.16 Å². The second kappa shape index (κ2) is 6.91. The molecule has 1 atom stereocenters. The van der Waals surface area contributed by atoms with E-state index in [1.165, 1.54) is 4.31 Å². The largest absolute Gasteiger partial charge is 0.409 e. The Bertz CT molecular complexity index is 383. The molecular formula is C10H21N3O4S. The lowest BCUT2D eigenvalue weighted by Gasteiger charge is -2.31. The van der Waals surface area contributed by atoms with Crippen LogP contribution < -0.4 is 5.73 Å². The monoisotopic (exact) mass is 279 g/mol. The average molecular weight is 279 g/mol. The fourth-order valence-electron chi connectivity index (χ4n) is 1.96. The van der Waals surface area contributed by atoms with Gasteiger partial charge in [0, 0.05) is 25.6 Å². The minimum atomic E-state index is -3.31. The van der Waals surface area contributed by atoms with E-state index in [1.807, 2.05) is 6.92 Å². The fraction of sp³-hybridized carbons (Fsp3) is 0.900. The molecule has 1 saturated heterocycles. The Labute approximate surface area is 108 Å². The number of ether oxygens (including phenoxy) is 1. The molecular weight excluding hydrogens is 258 g/mol. The minimum Gasteiger partial charge on any atom is -0.409 e. The van der Waals surface area contributed by atoms with Crippen LogP contribution in [0.4, 0.5) is 0 Å². The molecule has 0 aromatic carbocycles. The molecule has 1 aliphatic heterocycles. The summed E-state index contributed by atoms with van der Waals surface area (Å²) in [5.41, 5.74) is 5.53. The van der Waals surface area contributed by atoms with Gasteiger partial charge in [-0.25, -0.2) is 12.7 Å². The van der Waals surface area contributed by atoms with Crippen molar-refractivity contribution < 1.29 is 18.4 Å². The Morgan fingerprint density at radius 2 is 2.33 bits per heavy atom. The minimum absolute atomic E-state index is 0.0241. The standard InChI is InChI=1S/C10H21N3O4S/c1-2-17-6-7-18(15,16)13-5-3-4-9(8-13)10(11)12-14/h9,14H,2-8H2,1H3,(H2,11,12). The van der Waals surface area contributed by atoms with Gasteiger partial charge in [0.05, 0.1) is 12.4 Å². The molecule has 18 heavy (non-hydrogen) atoms. The topological polar surface area (TPSA) is 105 Å². The molecule has 0 radical (unpaired) electrons. The lowest BCUT2D eigenvalue weighted by atomic mass is 9.99. The molecule has 3 N–H and O–H groups in total. The van der Waals surface area contributed by atoms with Gasteiger partial charge in [-0.1, -0.05) is 5.16 Å². The first-order chi connectivity index (χ1) is 8.51. The van der Waals surface area contributed by atoms with Crippen LogP contribution in [0.3, 0.4) is 0 Å². The van der Waals surface area contributed by atoms with Gasteiger partial charge < -0.3 is 15.7 Å². The first-order valence-corrected chi connectivity index (χ1v) is 7.65.